The second-order valence-corrected chi connectivity index (χ2v) is 8.30. The molecule has 0 spiro atoms. The van der Waals surface area contributed by atoms with Crippen molar-refractivity contribution in [3.63, 3.8) is 0 Å². The van der Waals surface area contributed by atoms with Crippen LogP contribution in [-0.2, 0) is 9.05 Å². The molecule has 8 heteroatoms. The first-order chi connectivity index (χ1) is 10.4. The Morgan fingerprint density at radius 1 is 1.32 bits per heavy atom. The third-order valence-corrected chi connectivity index (χ3v) is 6.23. The van der Waals surface area contributed by atoms with Crippen LogP contribution in [-0.4, -0.2) is 27.1 Å². The first-order valence-corrected chi connectivity index (χ1v) is 9.72. The fraction of sp³-hybridized carbons (Fsp3) is 0.357. The fourth-order valence-corrected chi connectivity index (χ4v) is 4.31. The Labute approximate surface area is 138 Å². The first-order valence-electron chi connectivity index (χ1n) is 6.60. The monoisotopic (exact) mass is 361 g/mol. The van der Waals surface area contributed by atoms with Gasteiger partial charge < -0.3 is 9.47 Å². The highest BCUT2D eigenvalue weighted by atomic mass is 35.7. The smallest absolute Gasteiger partial charge is 0.272 e. The van der Waals surface area contributed by atoms with Crippen molar-refractivity contribution in [2.24, 2.45) is 0 Å². The van der Waals surface area contributed by atoms with E-state index in [1.54, 1.807) is 26.2 Å². The van der Waals surface area contributed by atoms with Gasteiger partial charge >= 0.3 is 0 Å². The van der Waals surface area contributed by atoms with E-state index in [4.69, 9.17) is 20.2 Å². The SMILES string of the molecule is CCCOc1ccc(-c2nc(C)c(S(=O)(=O)Cl)s2)cc1OC. The van der Waals surface area contributed by atoms with Crippen LogP contribution in [0.25, 0.3) is 10.6 Å². The van der Waals surface area contributed by atoms with E-state index < -0.39 is 9.05 Å². The van der Waals surface area contributed by atoms with E-state index in [2.05, 4.69) is 4.98 Å². The van der Waals surface area contributed by atoms with Crippen LogP contribution >= 0.6 is 22.0 Å². The summed E-state index contributed by atoms with van der Waals surface area (Å²) in [6.07, 6.45) is 0.896. The standard InChI is InChI=1S/C14H16ClNO4S2/c1-4-7-20-11-6-5-10(8-12(11)19-3)13-16-9(2)14(21-13)22(15,17)18/h5-6,8H,4,7H2,1-3H3. The molecule has 0 saturated heterocycles. The molecule has 1 heterocycles. The van der Waals surface area contributed by atoms with Gasteiger partial charge in [-0.3, -0.25) is 0 Å². The number of methoxy groups -OCH3 is 1. The molecule has 0 fully saturated rings. The molecule has 0 aliphatic heterocycles. The number of hydrogen-bond acceptors (Lipinski definition) is 6. The minimum absolute atomic E-state index is 0.0643. The molecule has 0 bridgehead atoms. The minimum Gasteiger partial charge on any atom is -0.493 e. The van der Waals surface area contributed by atoms with Crippen molar-refractivity contribution >= 4 is 31.1 Å². The molecule has 0 N–H and O–H groups in total. The maximum absolute atomic E-state index is 11.5. The summed E-state index contributed by atoms with van der Waals surface area (Å²) >= 11 is 1.04. The normalized spacial score (nSPS) is 11.5. The van der Waals surface area contributed by atoms with Gasteiger partial charge in [-0.1, -0.05) is 6.92 Å². The maximum Gasteiger partial charge on any atom is 0.272 e. The van der Waals surface area contributed by atoms with Crippen LogP contribution in [0.5, 0.6) is 11.5 Å². The van der Waals surface area contributed by atoms with Crippen molar-refractivity contribution < 1.29 is 17.9 Å². The van der Waals surface area contributed by atoms with Crippen LogP contribution in [0.4, 0.5) is 0 Å². The average Bonchev–Trinajstić information content (AvgIpc) is 2.87. The molecule has 0 unspecified atom stereocenters. The lowest BCUT2D eigenvalue weighted by Gasteiger charge is -2.10. The largest absolute Gasteiger partial charge is 0.493 e. The third kappa shape index (κ3) is 3.71. The van der Waals surface area contributed by atoms with Gasteiger partial charge in [0.15, 0.2) is 15.7 Å². The number of hydrogen-bond donors (Lipinski definition) is 0. The number of nitrogens with zero attached hydrogens (tertiary/aromatic N) is 1. The van der Waals surface area contributed by atoms with Gasteiger partial charge in [0.05, 0.1) is 19.4 Å². The summed E-state index contributed by atoms with van der Waals surface area (Å²) in [4.78, 5) is 4.27. The zero-order valence-electron chi connectivity index (χ0n) is 12.4. The molecule has 1 aromatic carbocycles. The molecular weight excluding hydrogens is 346 g/mol. The molecule has 0 amide bonds. The lowest BCUT2D eigenvalue weighted by molar-refractivity contribution is 0.294. The van der Waals surface area contributed by atoms with Gasteiger partial charge in [0.1, 0.15) is 5.01 Å². The van der Waals surface area contributed by atoms with Crippen molar-refractivity contribution in [3.05, 3.63) is 23.9 Å². The van der Waals surface area contributed by atoms with Crippen molar-refractivity contribution in [1.82, 2.24) is 4.98 Å². The number of thiazole rings is 1. The lowest BCUT2D eigenvalue weighted by Crippen LogP contribution is -1.97. The predicted molar refractivity (Wildman–Crippen MR) is 87.7 cm³/mol. The predicted octanol–water partition coefficient (Wildman–Crippen LogP) is 3.84. The Bertz CT molecular complexity index is 771. The highest BCUT2D eigenvalue weighted by Crippen LogP contribution is 2.37. The van der Waals surface area contributed by atoms with E-state index in [1.807, 2.05) is 13.0 Å². The van der Waals surface area contributed by atoms with Gasteiger partial charge in [-0.2, -0.15) is 0 Å². The van der Waals surface area contributed by atoms with Crippen LogP contribution in [0.2, 0.25) is 0 Å². The summed E-state index contributed by atoms with van der Waals surface area (Å²) in [6, 6.07) is 5.37. The zero-order chi connectivity index (χ0) is 16.3. The maximum atomic E-state index is 11.5. The lowest BCUT2D eigenvalue weighted by atomic mass is 10.2. The van der Waals surface area contributed by atoms with Gasteiger partial charge in [-0.25, -0.2) is 13.4 Å². The summed E-state index contributed by atoms with van der Waals surface area (Å²) in [7, 11) is 3.17. The molecule has 0 aliphatic rings. The third-order valence-electron chi connectivity index (χ3n) is 2.85. The number of aromatic nitrogens is 1. The summed E-state index contributed by atoms with van der Waals surface area (Å²) < 4.78 is 33.9. The van der Waals surface area contributed by atoms with E-state index in [0.717, 1.165) is 23.3 Å². The van der Waals surface area contributed by atoms with E-state index >= 15 is 0 Å². The zero-order valence-corrected chi connectivity index (χ0v) is 14.8. The number of ether oxygens (including phenoxy) is 2. The fourth-order valence-electron chi connectivity index (χ4n) is 1.86. The van der Waals surface area contributed by atoms with Gasteiger partial charge in [-0.05, 0) is 31.5 Å². The highest BCUT2D eigenvalue weighted by molar-refractivity contribution is 8.15. The number of aryl methyl sites for hydroxylation is 1. The molecule has 0 atom stereocenters. The molecular formula is C14H16ClNO4S2. The topological polar surface area (TPSA) is 65.5 Å². The van der Waals surface area contributed by atoms with Gasteiger partial charge in [0, 0.05) is 16.2 Å². The Hall–Kier alpha value is -1.31. The second-order valence-electron chi connectivity index (χ2n) is 4.54. The average molecular weight is 362 g/mol. The van der Waals surface area contributed by atoms with E-state index in [0.29, 0.717) is 28.8 Å². The van der Waals surface area contributed by atoms with Crippen molar-refractivity contribution in [2.75, 3.05) is 13.7 Å². The van der Waals surface area contributed by atoms with Gasteiger partial charge in [0.25, 0.3) is 9.05 Å². The molecule has 1 aromatic heterocycles. The molecule has 5 nitrogen and oxygen atoms in total. The molecule has 0 radical (unpaired) electrons. The molecule has 0 aliphatic carbocycles. The summed E-state index contributed by atoms with van der Waals surface area (Å²) in [6.45, 7) is 4.24. The quantitative estimate of drug-likeness (QED) is 0.731. The highest BCUT2D eigenvalue weighted by Gasteiger charge is 2.20. The van der Waals surface area contributed by atoms with Crippen LogP contribution in [0.15, 0.2) is 22.4 Å². The van der Waals surface area contributed by atoms with E-state index in [1.165, 1.54) is 0 Å². The van der Waals surface area contributed by atoms with E-state index in [-0.39, 0.29) is 4.21 Å². The summed E-state index contributed by atoms with van der Waals surface area (Å²) in [5.41, 5.74) is 1.14. The van der Waals surface area contributed by atoms with Crippen molar-refractivity contribution in [3.8, 4) is 22.1 Å². The van der Waals surface area contributed by atoms with Crippen molar-refractivity contribution in [2.45, 2.75) is 24.5 Å². The first kappa shape index (κ1) is 17.1. The molecule has 2 aromatic rings. The number of benzene rings is 1. The molecule has 120 valence electrons. The van der Waals surface area contributed by atoms with Gasteiger partial charge in [-0.15, -0.1) is 11.3 Å². The summed E-state index contributed by atoms with van der Waals surface area (Å²) in [5, 5.41) is 0.567. The minimum atomic E-state index is -3.78. The molecule has 2 rings (SSSR count). The van der Waals surface area contributed by atoms with Crippen LogP contribution in [0.1, 0.15) is 19.0 Å². The van der Waals surface area contributed by atoms with Crippen molar-refractivity contribution in [1.29, 1.82) is 0 Å². The van der Waals surface area contributed by atoms with E-state index in [9.17, 15) is 8.42 Å². The molecule has 22 heavy (non-hydrogen) atoms. The van der Waals surface area contributed by atoms with Crippen LogP contribution < -0.4 is 9.47 Å². The second kappa shape index (κ2) is 6.85. The Balaban J connectivity index is 2.41. The Morgan fingerprint density at radius 2 is 2.05 bits per heavy atom. The van der Waals surface area contributed by atoms with Crippen LogP contribution in [0, 0.1) is 6.92 Å². The summed E-state index contributed by atoms with van der Waals surface area (Å²) in [5.74, 6) is 1.22. The van der Waals surface area contributed by atoms with Gasteiger partial charge in [0.2, 0.25) is 0 Å². The van der Waals surface area contributed by atoms with Crippen LogP contribution in [0.3, 0.4) is 0 Å². The Morgan fingerprint density at radius 3 is 2.59 bits per heavy atom. The number of rotatable bonds is 6. The number of halogens is 1. The Kier molecular flexibility index (Phi) is 5.31. The molecule has 0 saturated carbocycles.